The monoisotopic (exact) mass is 315 g/mol. The Kier molecular flexibility index (Phi) is 4.50. The SMILES string of the molecule is CC1C=CC2=C(C1)C(COC(=O)NCC(O)O)c1ccccc12. The number of aliphatic hydroxyl groups excluding tert-OH is 1. The van der Waals surface area contributed by atoms with Gasteiger partial charge in [0.25, 0.3) is 0 Å². The molecule has 0 fully saturated rings. The Labute approximate surface area is 135 Å². The van der Waals surface area contributed by atoms with Crippen LogP contribution in [-0.2, 0) is 4.74 Å². The second-order valence-electron chi connectivity index (χ2n) is 6.08. The van der Waals surface area contributed by atoms with Crippen LogP contribution in [0.4, 0.5) is 4.79 Å². The molecule has 0 radical (unpaired) electrons. The van der Waals surface area contributed by atoms with E-state index >= 15 is 0 Å². The molecule has 0 saturated heterocycles. The van der Waals surface area contributed by atoms with E-state index in [4.69, 9.17) is 14.9 Å². The molecule has 2 atom stereocenters. The van der Waals surface area contributed by atoms with Gasteiger partial charge >= 0.3 is 6.09 Å². The Morgan fingerprint density at radius 3 is 2.96 bits per heavy atom. The molecule has 2 unspecified atom stereocenters. The largest absolute Gasteiger partial charge is 0.449 e. The first-order valence-corrected chi connectivity index (χ1v) is 7.83. The zero-order valence-electron chi connectivity index (χ0n) is 13.0. The maximum absolute atomic E-state index is 11.7. The number of carbonyl (C=O) groups excluding carboxylic acids is 1. The van der Waals surface area contributed by atoms with Crippen LogP contribution in [-0.4, -0.2) is 35.7 Å². The average molecular weight is 315 g/mol. The van der Waals surface area contributed by atoms with Gasteiger partial charge in [-0.15, -0.1) is 0 Å². The lowest BCUT2D eigenvalue weighted by Gasteiger charge is -2.21. The fourth-order valence-corrected chi connectivity index (χ4v) is 3.29. The summed E-state index contributed by atoms with van der Waals surface area (Å²) in [6, 6.07) is 8.20. The van der Waals surface area contributed by atoms with Crippen LogP contribution >= 0.6 is 0 Å². The average Bonchev–Trinajstić information content (AvgIpc) is 2.84. The van der Waals surface area contributed by atoms with Gasteiger partial charge in [0.15, 0.2) is 6.29 Å². The van der Waals surface area contributed by atoms with Crippen molar-refractivity contribution in [2.24, 2.45) is 5.92 Å². The van der Waals surface area contributed by atoms with Crippen LogP contribution in [0.15, 0.2) is 42.0 Å². The Hall–Kier alpha value is -2.11. The van der Waals surface area contributed by atoms with E-state index in [-0.39, 0.29) is 19.1 Å². The normalized spacial score (nSPS) is 22.1. The lowest BCUT2D eigenvalue weighted by Crippen LogP contribution is -2.33. The first kappa shape index (κ1) is 15.8. The molecule has 1 amide bonds. The summed E-state index contributed by atoms with van der Waals surface area (Å²) >= 11 is 0. The molecule has 3 rings (SSSR count). The Morgan fingerprint density at radius 2 is 2.17 bits per heavy atom. The maximum Gasteiger partial charge on any atom is 0.407 e. The highest BCUT2D eigenvalue weighted by atomic mass is 16.5. The van der Waals surface area contributed by atoms with Crippen molar-refractivity contribution in [2.45, 2.75) is 25.6 Å². The quantitative estimate of drug-likeness (QED) is 0.744. The minimum absolute atomic E-state index is 0.0680. The molecule has 0 saturated carbocycles. The zero-order valence-corrected chi connectivity index (χ0v) is 13.0. The maximum atomic E-state index is 11.7. The number of rotatable bonds is 4. The van der Waals surface area contributed by atoms with Gasteiger partial charge in [-0.05, 0) is 29.0 Å². The Morgan fingerprint density at radius 1 is 1.39 bits per heavy atom. The summed E-state index contributed by atoms with van der Waals surface area (Å²) in [6.07, 6.45) is 3.14. The van der Waals surface area contributed by atoms with Gasteiger partial charge in [0.2, 0.25) is 0 Å². The molecule has 2 aliphatic carbocycles. The van der Waals surface area contributed by atoms with Gasteiger partial charge in [0, 0.05) is 5.92 Å². The van der Waals surface area contributed by atoms with Gasteiger partial charge in [0.1, 0.15) is 6.61 Å². The Bertz CT molecular complexity index is 663. The van der Waals surface area contributed by atoms with Crippen LogP contribution in [0.2, 0.25) is 0 Å². The number of allylic oxidation sites excluding steroid dienone is 3. The summed E-state index contributed by atoms with van der Waals surface area (Å²) in [7, 11) is 0. The predicted molar refractivity (Wildman–Crippen MR) is 86.6 cm³/mol. The highest BCUT2D eigenvalue weighted by molar-refractivity contribution is 5.85. The van der Waals surface area contributed by atoms with Crippen molar-refractivity contribution < 1.29 is 19.7 Å². The zero-order chi connectivity index (χ0) is 16.4. The second-order valence-corrected chi connectivity index (χ2v) is 6.08. The van der Waals surface area contributed by atoms with Crippen molar-refractivity contribution in [3.63, 3.8) is 0 Å². The van der Waals surface area contributed by atoms with Crippen LogP contribution < -0.4 is 5.32 Å². The van der Waals surface area contributed by atoms with Gasteiger partial charge in [0.05, 0.1) is 6.54 Å². The number of alkyl carbamates (subject to hydrolysis) is 1. The third kappa shape index (κ3) is 3.30. The van der Waals surface area contributed by atoms with Crippen LogP contribution in [0.3, 0.4) is 0 Å². The highest BCUT2D eigenvalue weighted by Gasteiger charge is 2.32. The number of fused-ring (bicyclic) bond motifs is 2. The number of hydrogen-bond donors (Lipinski definition) is 3. The van der Waals surface area contributed by atoms with E-state index in [1.807, 2.05) is 12.1 Å². The van der Waals surface area contributed by atoms with Crippen LogP contribution in [0.1, 0.15) is 30.4 Å². The molecule has 0 bridgehead atoms. The molecule has 2 aliphatic rings. The molecule has 0 heterocycles. The van der Waals surface area contributed by atoms with Crippen LogP contribution in [0, 0.1) is 5.92 Å². The molecule has 0 spiro atoms. The fraction of sp³-hybridized carbons (Fsp3) is 0.389. The number of amides is 1. The minimum atomic E-state index is -1.58. The van der Waals surface area contributed by atoms with Crippen molar-refractivity contribution in [2.75, 3.05) is 13.2 Å². The molecule has 0 aliphatic heterocycles. The molecule has 0 aromatic heterocycles. The first-order chi connectivity index (χ1) is 11.1. The van der Waals surface area contributed by atoms with Gasteiger partial charge in [-0.1, -0.05) is 48.9 Å². The first-order valence-electron chi connectivity index (χ1n) is 7.83. The van der Waals surface area contributed by atoms with E-state index in [2.05, 4.69) is 36.5 Å². The summed E-state index contributed by atoms with van der Waals surface area (Å²) in [5, 5.41) is 19.8. The summed E-state index contributed by atoms with van der Waals surface area (Å²) < 4.78 is 5.29. The van der Waals surface area contributed by atoms with Gasteiger partial charge in [-0.3, -0.25) is 0 Å². The van der Waals surface area contributed by atoms with E-state index in [0.717, 1.165) is 6.42 Å². The Balaban J connectivity index is 1.74. The fourth-order valence-electron chi connectivity index (χ4n) is 3.29. The topological polar surface area (TPSA) is 78.8 Å². The molecule has 122 valence electrons. The molecule has 23 heavy (non-hydrogen) atoms. The van der Waals surface area contributed by atoms with Gasteiger partial charge in [-0.25, -0.2) is 4.79 Å². The van der Waals surface area contributed by atoms with E-state index in [9.17, 15) is 4.79 Å². The van der Waals surface area contributed by atoms with Crippen molar-refractivity contribution in [3.8, 4) is 0 Å². The molecule has 1 aromatic rings. The van der Waals surface area contributed by atoms with Crippen LogP contribution in [0.5, 0.6) is 0 Å². The standard InChI is InChI=1S/C18H21NO4/c1-11-6-7-14-12-4-2-3-5-13(12)16(15(14)8-11)10-23-18(22)19-9-17(20)21/h2-7,11,16-17,20-21H,8-10H2,1H3,(H,19,22). The predicted octanol–water partition coefficient (Wildman–Crippen LogP) is 2.17. The number of nitrogens with one attached hydrogen (secondary N) is 1. The summed E-state index contributed by atoms with van der Waals surface area (Å²) in [6.45, 7) is 2.19. The molecule has 1 aromatic carbocycles. The molecular weight excluding hydrogens is 294 g/mol. The highest BCUT2D eigenvalue weighted by Crippen LogP contribution is 2.47. The number of hydrogen-bond acceptors (Lipinski definition) is 4. The lowest BCUT2D eigenvalue weighted by molar-refractivity contribution is -0.0369. The third-order valence-electron chi connectivity index (χ3n) is 4.34. The summed E-state index contributed by atoms with van der Waals surface area (Å²) in [5.74, 6) is 0.544. The molecule has 3 N–H and O–H groups in total. The number of aliphatic hydroxyl groups is 2. The second kappa shape index (κ2) is 6.56. The van der Waals surface area contributed by atoms with Crippen molar-refractivity contribution in [3.05, 3.63) is 53.1 Å². The van der Waals surface area contributed by atoms with Crippen molar-refractivity contribution >= 4 is 11.7 Å². The molecule has 5 nitrogen and oxygen atoms in total. The van der Waals surface area contributed by atoms with E-state index in [1.54, 1.807) is 0 Å². The lowest BCUT2D eigenvalue weighted by atomic mass is 9.86. The summed E-state index contributed by atoms with van der Waals surface area (Å²) in [5.41, 5.74) is 4.96. The third-order valence-corrected chi connectivity index (χ3v) is 4.34. The summed E-state index contributed by atoms with van der Waals surface area (Å²) in [4.78, 5) is 11.7. The molecular formula is C18H21NO4. The smallest absolute Gasteiger partial charge is 0.407 e. The molecule has 5 heteroatoms. The van der Waals surface area contributed by atoms with Crippen molar-refractivity contribution in [1.29, 1.82) is 0 Å². The number of ether oxygens (including phenoxy) is 1. The van der Waals surface area contributed by atoms with Crippen LogP contribution in [0.25, 0.3) is 5.57 Å². The van der Waals surface area contributed by atoms with E-state index < -0.39 is 12.4 Å². The van der Waals surface area contributed by atoms with E-state index in [1.165, 1.54) is 22.3 Å². The van der Waals surface area contributed by atoms with Gasteiger partial charge in [-0.2, -0.15) is 0 Å². The van der Waals surface area contributed by atoms with Gasteiger partial charge < -0.3 is 20.3 Å². The van der Waals surface area contributed by atoms with E-state index in [0.29, 0.717) is 5.92 Å². The van der Waals surface area contributed by atoms with Crippen molar-refractivity contribution in [1.82, 2.24) is 5.32 Å². The minimum Gasteiger partial charge on any atom is -0.449 e. The number of carbonyl (C=O) groups is 1. The number of benzene rings is 1.